The summed E-state index contributed by atoms with van der Waals surface area (Å²) in [5.74, 6) is -0.305. The molecule has 1 unspecified atom stereocenters. The van der Waals surface area contributed by atoms with Crippen molar-refractivity contribution in [3.8, 4) is 11.4 Å². The van der Waals surface area contributed by atoms with Crippen molar-refractivity contribution in [1.29, 1.82) is 0 Å². The average Bonchev–Trinajstić information content (AvgIpc) is 3.04. The second-order valence-electron chi connectivity index (χ2n) is 7.01. The second-order valence-corrected chi connectivity index (χ2v) is 7.01. The number of nitrogens with zero attached hydrogens (tertiary/aromatic N) is 4. The SMILES string of the molecule is CC(C(N)=O)N1Cc2ccc(-c3ccnc(NC4CCOCC4)n3)nc2C1=O. The molecular formula is C19H22N6O3. The number of ether oxygens (including phenoxy) is 1. The number of anilines is 1. The average molecular weight is 382 g/mol. The molecule has 2 aromatic heterocycles. The maximum atomic E-state index is 12.7. The number of hydrogen-bond donors (Lipinski definition) is 2. The second kappa shape index (κ2) is 7.51. The third-order valence-electron chi connectivity index (χ3n) is 5.13. The third kappa shape index (κ3) is 3.53. The Kier molecular flexibility index (Phi) is 4.91. The summed E-state index contributed by atoms with van der Waals surface area (Å²) in [7, 11) is 0. The topological polar surface area (TPSA) is 123 Å². The number of hydrogen-bond acceptors (Lipinski definition) is 7. The molecule has 3 N–H and O–H groups in total. The molecule has 1 fully saturated rings. The minimum atomic E-state index is -0.681. The lowest BCUT2D eigenvalue weighted by molar-refractivity contribution is -0.122. The molecule has 0 aromatic carbocycles. The zero-order chi connectivity index (χ0) is 19.7. The Morgan fingerprint density at radius 2 is 2.00 bits per heavy atom. The summed E-state index contributed by atoms with van der Waals surface area (Å²) in [6, 6.07) is 5.02. The molecule has 2 aliphatic rings. The van der Waals surface area contributed by atoms with Crippen LogP contribution >= 0.6 is 0 Å². The van der Waals surface area contributed by atoms with E-state index in [-0.39, 0.29) is 11.9 Å². The minimum Gasteiger partial charge on any atom is -0.381 e. The quantitative estimate of drug-likeness (QED) is 0.789. The summed E-state index contributed by atoms with van der Waals surface area (Å²) in [6.45, 7) is 3.40. The maximum Gasteiger partial charge on any atom is 0.273 e. The molecule has 1 atom stereocenters. The summed E-state index contributed by atoms with van der Waals surface area (Å²) in [5.41, 5.74) is 7.66. The lowest BCUT2D eigenvalue weighted by atomic mass is 10.1. The Morgan fingerprint density at radius 1 is 1.25 bits per heavy atom. The van der Waals surface area contributed by atoms with E-state index < -0.39 is 11.9 Å². The van der Waals surface area contributed by atoms with E-state index in [0.717, 1.165) is 31.6 Å². The molecule has 0 bridgehead atoms. The summed E-state index contributed by atoms with van der Waals surface area (Å²) in [4.78, 5) is 38.9. The van der Waals surface area contributed by atoms with Gasteiger partial charge in [-0.1, -0.05) is 6.07 Å². The van der Waals surface area contributed by atoms with Gasteiger partial charge in [0.05, 0.1) is 11.4 Å². The molecule has 0 saturated carbocycles. The van der Waals surface area contributed by atoms with Gasteiger partial charge in [0.25, 0.3) is 5.91 Å². The van der Waals surface area contributed by atoms with Gasteiger partial charge in [-0.25, -0.2) is 15.0 Å². The molecule has 1 saturated heterocycles. The Hall–Kier alpha value is -3.07. The Bertz CT molecular complexity index is 912. The minimum absolute atomic E-state index is 0.280. The predicted octanol–water partition coefficient (Wildman–Crippen LogP) is 0.959. The predicted molar refractivity (Wildman–Crippen MR) is 101 cm³/mol. The van der Waals surface area contributed by atoms with Crippen LogP contribution in [0, 0.1) is 0 Å². The van der Waals surface area contributed by atoms with Gasteiger partial charge in [0.2, 0.25) is 11.9 Å². The van der Waals surface area contributed by atoms with Gasteiger partial charge in [-0.05, 0) is 31.9 Å². The molecule has 9 nitrogen and oxygen atoms in total. The smallest absolute Gasteiger partial charge is 0.273 e. The lowest BCUT2D eigenvalue weighted by Crippen LogP contribution is -2.42. The standard InChI is InChI=1S/C19H22N6O3/c1-11(17(20)26)25-10-12-2-3-14(23-16(12)18(25)27)15-4-7-21-19(24-15)22-13-5-8-28-9-6-13/h2-4,7,11,13H,5-6,8-10H2,1H3,(H2,20,26)(H,21,22,24). The fourth-order valence-corrected chi connectivity index (χ4v) is 3.40. The molecule has 2 amide bonds. The molecule has 0 radical (unpaired) electrons. The van der Waals surface area contributed by atoms with Crippen molar-refractivity contribution in [3.63, 3.8) is 0 Å². The highest BCUT2D eigenvalue weighted by Crippen LogP contribution is 2.26. The van der Waals surface area contributed by atoms with Crippen LogP contribution in [-0.2, 0) is 16.1 Å². The van der Waals surface area contributed by atoms with Gasteiger partial charge in [0, 0.05) is 37.6 Å². The molecular weight excluding hydrogens is 360 g/mol. The molecule has 4 heterocycles. The van der Waals surface area contributed by atoms with Crippen LogP contribution in [-0.4, -0.2) is 57.0 Å². The molecule has 28 heavy (non-hydrogen) atoms. The largest absolute Gasteiger partial charge is 0.381 e. The van der Waals surface area contributed by atoms with Crippen molar-refractivity contribution in [3.05, 3.63) is 35.7 Å². The summed E-state index contributed by atoms with van der Waals surface area (Å²) < 4.78 is 5.37. The zero-order valence-corrected chi connectivity index (χ0v) is 15.6. The molecule has 2 aliphatic heterocycles. The van der Waals surface area contributed by atoms with Crippen molar-refractivity contribution < 1.29 is 14.3 Å². The first-order valence-corrected chi connectivity index (χ1v) is 9.31. The Balaban J connectivity index is 1.56. The van der Waals surface area contributed by atoms with Gasteiger partial charge >= 0.3 is 0 Å². The normalized spacial score (nSPS) is 18.0. The number of pyridine rings is 1. The van der Waals surface area contributed by atoms with Crippen LogP contribution in [0.3, 0.4) is 0 Å². The highest BCUT2D eigenvalue weighted by molar-refractivity contribution is 5.99. The van der Waals surface area contributed by atoms with Crippen molar-refractivity contribution in [2.75, 3.05) is 18.5 Å². The fraction of sp³-hybridized carbons (Fsp3) is 0.421. The molecule has 0 aliphatic carbocycles. The van der Waals surface area contributed by atoms with Crippen LogP contribution in [0.15, 0.2) is 24.4 Å². The van der Waals surface area contributed by atoms with Crippen molar-refractivity contribution >= 4 is 17.8 Å². The number of nitrogens with one attached hydrogen (secondary N) is 1. The van der Waals surface area contributed by atoms with E-state index >= 15 is 0 Å². The number of aromatic nitrogens is 3. The number of rotatable bonds is 5. The van der Waals surface area contributed by atoms with Gasteiger partial charge in [0.1, 0.15) is 11.7 Å². The van der Waals surface area contributed by atoms with Crippen molar-refractivity contribution in [1.82, 2.24) is 19.9 Å². The van der Waals surface area contributed by atoms with Gasteiger partial charge < -0.3 is 20.7 Å². The van der Waals surface area contributed by atoms with Crippen LogP contribution in [0.4, 0.5) is 5.95 Å². The number of nitrogens with two attached hydrogens (primary N) is 1. The van der Waals surface area contributed by atoms with Gasteiger partial charge in [-0.3, -0.25) is 9.59 Å². The number of fused-ring (bicyclic) bond motifs is 1. The number of primary amides is 1. The highest BCUT2D eigenvalue weighted by Gasteiger charge is 2.34. The first-order valence-electron chi connectivity index (χ1n) is 9.31. The summed E-state index contributed by atoms with van der Waals surface area (Å²) in [5, 5.41) is 3.33. The lowest BCUT2D eigenvalue weighted by Gasteiger charge is -2.23. The van der Waals surface area contributed by atoms with Crippen molar-refractivity contribution in [2.45, 2.75) is 38.4 Å². The van der Waals surface area contributed by atoms with Crippen LogP contribution in [0.1, 0.15) is 35.8 Å². The molecule has 0 spiro atoms. The van der Waals surface area contributed by atoms with Gasteiger partial charge in [-0.2, -0.15) is 0 Å². The van der Waals surface area contributed by atoms with Crippen LogP contribution in [0.25, 0.3) is 11.4 Å². The van der Waals surface area contributed by atoms with E-state index in [1.165, 1.54) is 4.90 Å². The first kappa shape index (κ1) is 18.3. The third-order valence-corrected chi connectivity index (χ3v) is 5.13. The number of amides is 2. The van der Waals surface area contributed by atoms with E-state index in [2.05, 4.69) is 20.3 Å². The molecule has 9 heteroatoms. The van der Waals surface area contributed by atoms with E-state index in [1.807, 2.05) is 12.1 Å². The van der Waals surface area contributed by atoms with E-state index in [4.69, 9.17) is 10.5 Å². The monoisotopic (exact) mass is 382 g/mol. The molecule has 2 aromatic rings. The molecule has 146 valence electrons. The van der Waals surface area contributed by atoms with E-state index in [0.29, 0.717) is 29.6 Å². The van der Waals surface area contributed by atoms with E-state index in [1.54, 1.807) is 19.2 Å². The maximum absolute atomic E-state index is 12.7. The van der Waals surface area contributed by atoms with Crippen LogP contribution < -0.4 is 11.1 Å². The molecule has 4 rings (SSSR count). The van der Waals surface area contributed by atoms with Crippen LogP contribution in [0.5, 0.6) is 0 Å². The fourth-order valence-electron chi connectivity index (χ4n) is 3.40. The van der Waals surface area contributed by atoms with E-state index in [9.17, 15) is 9.59 Å². The van der Waals surface area contributed by atoms with Crippen LogP contribution in [0.2, 0.25) is 0 Å². The Labute approximate surface area is 162 Å². The number of carbonyl (C=O) groups excluding carboxylic acids is 2. The summed E-state index contributed by atoms with van der Waals surface area (Å²) >= 11 is 0. The first-order chi connectivity index (χ1) is 13.5. The zero-order valence-electron chi connectivity index (χ0n) is 15.6. The van der Waals surface area contributed by atoms with Gasteiger partial charge in [-0.15, -0.1) is 0 Å². The van der Waals surface area contributed by atoms with Crippen molar-refractivity contribution in [2.24, 2.45) is 5.73 Å². The Morgan fingerprint density at radius 3 is 2.75 bits per heavy atom. The number of carbonyl (C=O) groups is 2. The summed E-state index contributed by atoms with van der Waals surface area (Å²) in [6.07, 6.45) is 3.49. The highest BCUT2D eigenvalue weighted by atomic mass is 16.5. The van der Waals surface area contributed by atoms with Gasteiger partial charge in [0.15, 0.2) is 0 Å².